The summed E-state index contributed by atoms with van der Waals surface area (Å²) in [6.45, 7) is 6.08. The molecular weight excluding hydrogens is 194 g/mol. The minimum atomic E-state index is -0.933. The lowest BCUT2D eigenvalue weighted by Gasteiger charge is -2.25. The highest BCUT2D eigenvalue weighted by molar-refractivity contribution is 5.67. The first kappa shape index (κ1) is 14.4. The van der Waals surface area contributed by atoms with Crippen LogP contribution in [0.25, 0.3) is 0 Å². The number of likely N-dealkylation sites (tertiary alicyclic amines) is 1. The van der Waals surface area contributed by atoms with Crippen molar-refractivity contribution in [3.63, 3.8) is 0 Å². The summed E-state index contributed by atoms with van der Waals surface area (Å²) in [4.78, 5) is 12.0. The smallest absolute Gasteiger partial charge is 0.329 e. The first-order chi connectivity index (χ1) is 7.20. The number of aliphatic carboxylic acids is 1. The molecule has 1 N–H and O–H groups in total. The predicted octanol–water partition coefficient (Wildman–Crippen LogP) is 1.60. The summed E-state index contributed by atoms with van der Waals surface area (Å²) in [5.41, 5.74) is 0. The van der Waals surface area contributed by atoms with Crippen molar-refractivity contribution in [2.24, 2.45) is 0 Å². The van der Waals surface area contributed by atoms with E-state index in [0.717, 1.165) is 0 Å². The maximum Gasteiger partial charge on any atom is 0.329 e. The van der Waals surface area contributed by atoms with Crippen LogP contribution in [0.3, 0.4) is 0 Å². The van der Waals surface area contributed by atoms with Crippen LogP contribution in [-0.2, 0) is 9.53 Å². The average Bonchev–Trinajstić information content (AvgIpc) is 2.20. The molecule has 1 fully saturated rings. The molecule has 15 heavy (non-hydrogen) atoms. The van der Waals surface area contributed by atoms with Crippen LogP contribution in [0.5, 0.6) is 0 Å². The van der Waals surface area contributed by atoms with Crippen molar-refractivity contribution in [1.29, 1.82) is 0 Å². The lowest BCUT2D eigenvalue weighted by atomic mass is 10.1. The fourth-order valence-corrected chi connectivity index (χ4v) is 1.62. The third-order valence-electron chi connectivity index (χ3n) is 2.26. The van der Waals surface area contributed by atoms with Crippen LogP contribution in [0, 0.1) is 0 Å². The molecule has 0 saturated carbocycles. The standard InChI is InChI=1S/C8H17N.C3H6O3/c1-2-6-9-7-4-3-5-8-9;1-6-2-3(4)5/h2-8H2,1H3;2H2,1H3,(H,4,5). The Labute approximate surface area is 92.2 Å². The van der Waals surface area contributed by atoms with Gasteiger partial charge < -0.3 is 14.7 Å². The van der Waals surface area contributed by atoms with E-state index in [1.165, 1.54) is 52.4 Å². The van der Waals surface area contributed by atoms with Crippen molar-refractivity contribution in [3.8, 4) is 0 Å². The lowest BCUT2D eigenvalue weighted by Crippen LogP contribution is -2.30. The van der Waals surface area contributed by atoms with Gasteiger partial charge in [-0.25, -0.2) is 4.79 Å². The molecule has 1 rings (SSSR count). The van der Waals surface area contributed by atoms with Crippen molar-refractivity contribution in [3.05, 3.63) is 0 Å². The number of carboxylic acid groups (broad SMARTS) is 1. The molecule has 0 spiro atoms. The Bertz CT molecular complexity index is 153. The van der Waals surface area contributed by atoms with Gasteiger partial charge in [0.1, 0.15) is 6.61 Å². The maximum atomic E-state index is 9.47. The van der Waals surface area contributed by atoms with Gasteiger partial charge in [0.2, 0.25) is 0 Å². The number of carboxylic acids is 1. The van der Waals surface area contributed by atoms with E-state index in [4.69, 9.17) is 5.11 Å². The van der Waals surface area contributed by atoms with Crippen molar-refractivity contribution in [1.82, 2.24) is 4.90 Å². The van der Waals surface area contributed by atoms with Gasteiger partial charge in [-0.1, -0.05) is 13.3 Å². The molecule has 0 aliphatic carbocycles. The summed E-state index contributed by atoms with van der Waals surface area (Å²) >= 11 is 0. The highest BCUT2D eigenvalue weighted by Gasteiger charge is 2.07. The summed E-state index contributed by atoms with van der Waals surface area (Å²) in [6, 6.07) is 0. The van der Waals surface area contributed by atoms with Crippen molar-refractivity contribution in [2.45, 2.75) is 32.6 Å². The second kappa shape index (κ2) is 9.93. The molecule has 0 aromatic rings. The number of piperidine rings is 1. The third-order valence-corrected chi connectivity index (χ3v) is 2.26. The van der Waals surface area contributed by atoms with Crippen molar-refractivity contribution < 1.29 is 14.6 Å². The first-order valence-electron chi connectivity index (χ1n) is 5.63. The molecule has 0 radical (unpaired) electrons. The molecule has 1 aliphatic rings. The molecule has 0 atom stereocenters. The van der Waals surface area contributed by atoms with E-state index in [9.17, 15) is 4.79 Å². The summed E-state index contributed by atoms with van der Waals surface area (Å²) in [6.07, 6.45) is 5.64. The fraction of sp³-hybridized carbons (Fsp3) is 0.909. The van der Waals surface area contributed by atoms with Gasteiger partial charge in [-0.2, -0.15) is 0 Å². The van der Waals surface area contributed by atoms with Crippen LogP contribution in [-0.4, -0.2) is 49.3 Å². The van der Waals surface area contributed by atoms with Crippen LogP contribution < -0.4 is 0 Å². The Morgan fingerprint density at radius 1 is 1.33 bits per heavy atom. The molecule has 90 valence electrons. The van der Waals surface area contributed by atoms with E-state index >= 15 is 0 Å². The largest absolute Gasteiger partial charge is 0.480 e. The van der Waals surface area contributed by atoms with Crippen molar-refractivity contribution in [2.75, 3.05) is 33.4 Å². The molecule has 1 aliphatic heterocycles. The van der Waals surface area contributed by atoms with Gasteiger partial charge in [-0.05, 0) is 38.9 Å². The zero-order valence-corrected chi connectivity index (χ0v) is 9.87. The fourth-order valence-electron chi connectivity index (χ4n) is 1.62. The van der Waals surface area contributed by atoms with Crippen LogP contribution >= 0.6 is 0 Å². The SMILES string of the molecule is CCCN1CCCCC1.COCC(=O)O. The molecule has 0 unspecified atom stereocenters. The zero-order valence-electron chi connectivity index (χ0n) is 9.87. The summed E-state index contributed by atoms with van der Waals surface area (Å²) < 4.78 is 4.20. The van der Waals surface area contributed by atoms with Crippen molar-refractivity contribution >= 4 is 5.97 Å². The Morgan fingerprint density at radius 2 is 1.93 bits per heavy atom. The molecule has 4 nitrogen and oxygen atoms in total. The quantitative estimate of drug-likeness (QED) is 0.777. The van der Waals surface area contributed by atoms with Gasteiger partial charge >= 0.3 is 5.97 Å². The van der Waals surface area contributed by atoms with Gasteiger partial charge in [-0.15, -0.1) is 0 Å². The normalized spacial score (nSPS) is 16.7. The number of hydrogen-bond acceptors (Lipinski definition) is 3. The van der Waals surface area contributed by atoms with Gasteiger partial charge in [0.05, 0.1) is 0 Å². The number of hydrogen-bond donors (Lipinski definition) is 1. The number of rotatable bonds is 4. The molecular formula is C11H23NO3. The molecule has 1 saturated heterocycles. The van der Waals surface area contributed by atoms with Crippen LogP contribution in [0.15, 0.2) is 0 Å². The summed E-state index contributed by atoms with van der Waals surface area (Å²) in [7, 11) is 1.34. The maximum absolute atomic E-state index is 9.47. The van der Waals surface area contributed by atoms with Gasteiger partial charge in [0.25, 0.3) is 0 Å². The van der Waals surface area contributed by atoms with E-state index in [1.54, 1.807) is 0 Å². The average molecular weight is 217 g/mol. The van der Waals surface area contributed by atoms with Gasteiger partial charge in [-0.3, -0.25) is 0 Å². The van der Waals surface area contributed by atoms with Crippen LogP contribution in [0.4, 0.5) is 0 Å². The highest BCUT2D eigenvalue weighted by Crippen LogP contribution is 2.07. The number of nitrogens with zero attached hydrogens (tertiary/aromatic N) is 1. The second-order valence-corrected chi connectivity index (χ2v) is 3.73. The molecule has 4 heteroatoms. The van der Waals surface area contributed by atoms with E-state index in [1.807, 2.05) is 0 Å². The third kappa shape index (κ3) is 9.69. The minimum absolute atomic E-state index is 0.208. The monoisotopic (exact) mass is 217 g/mol. The van der Waals surface area contributed by atoms with E-state index < -0.39 is 5.97 Å². The van der Waals surface area contributed by atoms with Crippen LogP contribution in [0.2, 0.25) is 0 Å². The number of ether oxygens (including phenoxy) is 1. The Balaban J connectivity index is 0.000000288. The molecule has 0 aromatic carbocycles. The number of carbonyl (C=O) groups is 1. The zero-order chi connectivity index (χ0) is 11.5. The number of methoxy groups -OCH3 is 1. The Hall–Kier alpha value is -0.610. The predicted molar refractivity (Wildman–Crippen MR) is 60.1 cm³/mol. The first-order valence-corrected chi connectivity index (χ1v) is 5.63. The van der Waals surface area contributed by atoms with Crippen LogP contribution in [0.1, 0.15) is 32.6 Å². The van der Waals surface area contributed by atoms with E-state index in [0.29, 0.717) is 0 Å². The second-order valence-electron chi connectivity index (χ2n) is 3.73. The Morgan fingerprint density at radius 3 is 2.27 bits per heavy atom. The highest BCUT2D eigenvalue weighted by atomic mass is 16.5. The lowest BCUT2D eigenvalue weighted by molar-refractivity contribution is -0.141. The molecule has 1 heterocycles. The Kier molecular flexibility index (Phi) is 9.52. The summed E-state index contributed by atoms with van der Waals surface area (Å²) in [5.74, 6) is -0.933. The van der Waals surface area contributed by atoms with E-state index in [2.05, 4.69) is 16.6 Å². The van der Waals surface area contributed by atoms with Gasteiger partial charge in [0, 0.05) is 7.11 Å². The molecule has 0 aromatic heterocycles. The summed E-state index contributed by atoms with van der Waals surface area (Å²) in [5, 5.41) is 7.79. The molecule has 0 bridgehead atoms. The van der Waals surface area contributed by atoms with E-state index in [-0.39, 0.29) is 6.61 Å². The van der Waals surface area contributed by atoms with Gasteiger partial charge in [0.15, 0.2) is 0 Å². The minimum Gasteiger partial charge on any atom is -0.480 e. The molecule has 0 amide bonds. The topological polar surface area (TPSA) is 49.8 Å².